The number of pyridine rings is 1. The number of aliphatic hydroxyl groups is 1. The molecule has 1 amide bonds. The van der Waals surface area contributed by atoms with Crippen molar-refractivity contribution < 1.29 is 9.90 Å². The Labute approximate surface area is 95.1 Å². The molecule has 5 nitrogen and oxygen atoms in total. The van der Waals surface area contributed by atoms with E-state index >= 15 is 0 Å². The van der Waals surface area contributed by atoms with Gasteiger partial charge in [0.1, 0.15) is 5.82 Å². The van der Waals surface area contributed by atoms with Crippen LogP contribution >= 0.6 is 0 Å². The predicted octanol–water partition coefficient (Wildman–Crippen LogP) is 0.317. The van der Waals surface area contributed by atoms with Gasteiger partial charge in [-0.1, -0.05) is 6.07 Å². The first kappa shape index (κ1) is 12.4. The molecule has 1 aromatic heterocycles. The third-order valence-electron chi connectivity index (χ3n) is 2.30. The van der Waals surface area contributed by atoms with E-state index in [-0.39, 0.29) is 12.5 Å². The Bertz CT molecular complexity index is 349. The van der Waals surface area contributed by atoms with Crippen molar-refractivity contribution in [1.29, 1.82) is 0 Å². The Morgan fingerprint density at radius 2 is 2.31 bits per heavy atom. The van der Waals surface area contributed by atoms with Gasteiger partial charge in [-0.15, -0.1) is 0 Å². The summed E-state index contributed by atoms with van der Waals surface area (Å²) in [6.07, 6.45) is 1.09. The van der Waals surface area contributed by atoms with Crippen molar-refractivity contribution in [1.82, 2.24) is 10.3 Å². The molecule has 0 aliphatic carbocycles. The molecule has 1 rings (SSSR count). The number of likely N-dealkylation sites (N-methyl/N-ethyl adjacent to an activating group) is 2. The number of nitrogens with zero attached hydrogens (tertiary/aromatic N) is 2. The van der Waals surface area contributed by atoms with Crippen molar-refractivity contribution in [2.45, 2.75) is 13.0 Å². The van der Waals surface area contributed by atoms with Crippen LogP contribution < -0.4 is 10.2 Å². The minimum Gasteiger partial charge on any atom is -0.389 e. The van der Waals surface area contributed by atoms with Gasteiger partial charge in [0, 0.05) is 20.3 Å². The minimum absolute atomic E-state index is 0.0658. The van der Waals surface area contributed by atoms with Crippen LogP contribution in [-0.2, 0) is 4.79 Å². The van der Waals surface area contributed by atoms with Crippen LogP contribution in [0.3, 0.4) is 0 Å². The normalized spacial score (nSPS) is 12.0. The molecule has 0 fully saturated rings. The molecule has 0 aliphatic heterocycles. The van der Waals surface area contributed by atoms with Crippen molar-refractivity contribution in [3.05, 3.63) is 23.9 Å². The highest BCUT2D eigenvalue weighted by Gasteiger charge is 2.07. The summed E-state index contributed by atoms with van der Waals surface area (Å²) in [4.78, 5) is 17.1. The number of hydrogen-bond donors (Lipinski definition) is 2. The van der Waals surface area contributed by atoms with Gasteiger partial charge in [0.15, 0.2) is 0 Å². The van der Waals surface area contributed by atoms with Crippen LogP contribution in [0, 0.1) is 0 Å². The van der Waals surface area contributed by atoms with Crippen LogP contribution in [0.25, 0.3) is 0 Å². The molecule has 0 unspecified atom stereocenters. The van der Waals surface area contributed by atoms with E-state index in [2.05, 4.69) is 10.3 Å². The molecular formula is C11H17N3O2. The largest absolute Gasteiger partial charge is 0.389 e. The highest BCUT2D eigenvalue weighted by molar-refractivity contribution is 5.80. The number of aromatic nitrogens is 1. The lowest BCUT2D eigenvalue weighted by Crippen LogP contribution is -2.33. The van der Waals surface area contributed by atoms with Crippen molar-refractivity contribution >= 4 is 11.7 Å². The second-order valence-corrected chi connectivity index (χ2v) is 3.65. The highest BCUT2D eigenvalue weighted by Crippen LogP contribution is 2.14. The first-order valence-electron chi connectivity index (χ1n) is 5.10. The Kier molecular flexibility index (Phi) is 4.25. The summed E-state index contributed by atoms with van der Waals surface area (Å²) >= 11 is 0. The fourth-order valence-corrected chi connectivity index (χ4v) is 1.25. The smallest absolute Gasteiger partial charge is 0.239 e. The van der Waals surface area contributed by atoms with Crippen LogP contribution in [0.1, 0.15) is 18.6 Å². The van der Waals surface area contributed by atoms with Gasteiger partial charge in [0.05, 0.1) is 12.6 Å². The van der Waals surface area contributed by atoms with Gasteiger partial charge in [-0.3, -0.25) is 4.79 Å². The number of nitrogens with one attached hydrogen (secondary N) is 1. The van der Waals surface area contributed by atoms with Crippen molar-refractivity contribution in [3.8, 4) is 0 Å². The Morgan fingerprint density at radius 3 is 2.75 bits per heavy atom. The van der Waals surface area contributed by atoms with Gasteiger partial charge in [-0.2, -0.15) is 0 Å². The molecule has 0 saturated carbocycles. The number of rotatable bonds is 4. The molecule has 0 saturated heterocycles. The van der Waals surface area contributed by atoms with Gasteiger partial charge >= 0.3 is 0 Å². The van der Waals surface area contributed by atoms with E-state index in [1.54, 1.807) is 44.2 Å². The fraction of sp³-hybridized carbons (Fsp3) is 0.455. The number of carbonyl (C=O) groups excluding carboxylic acids is 1. The molecular weight excluding hydrogens is 206 g/mol. The first-order valence-corrected chi connectivity index (χ1v) is 5.10. The molecule has 88 valence electrons. The van der Waals surface area contributed by atoms with Crippen molar-refractivity contribution in [2.24, 2.45) is 0 Å². The predicted molar refractivity (Wildman–Crippen MR) is 62.2 cm³/mol. The van der Waals surface area contributed by atoms with Crippen molar-refractivity contribution in [3.63, 3.8) is 0 Å². The average Bonchev–Trinajstić information content (AvgIpc) is 2.28. The van der Waals surface area contributed by atoms with E-state index in [0.29, 0.717) is 5.82 Å². The van der Waals surface area contributed by atoms with Crippen LogP contribution in [-0.4, -0.2) is 36.6 Å². The second kappa shape index (κ2) is 5.46. The Hall–Kier alpha value is -1.62. The van der Waals surface area contributed by atoms with E-state index in [1.165, 1.54) is 0 Å². The Morgan fingerprint density at radius 1 is 1.62 bits per heavy atom. The third-order valence-corrected chi connectivity index (χ3v) is 2.30. The standard InChI is InChI=1S/C11H17N3O2/c1-8(15)9-4-5-10(13-6-9)14(3)7-11(16)12-2/h4-6,8,15H,7H2,1-3H3,(H,12,16)/t8-/m1/s1. The SMILES string of the molecule is CNC(=O)CN(C)c1ccc([C@@H](C)O)cn1. The maximum atomic E-state index is 11.2. The topological polar surface area (TPSA) is 65.5 Å². The summed E-state index contributed by atoms with van der Waals surface area (Å²) in [7, 11) is 3.39. The lowest BCUT2D eigenvalue weighted by Gasteiger charge is -2.17. The lowest BCUT2D eigenvalue weighted by atomic mass is 10.2. The molecule has 1 atom stereocenters. The van der Waals surface area contributed by atoms with Gasteiger partial charge in [-0.05, 0) is 18.6 Å². The summed E-state index contributed by atoms with van der Waals surface area (Å²) < 4.78 is 0. The zero-order valence-electron chi connectivity index (χ0n) is 9.77. The molecule has 1 aromatic rings. The van der Waals surface area contributed by atoms with E-state index in [0.717, 1.165) is 5.56 Å². The zero-order valence-corrected chi connectivity index (χ0v) is 9.77. The quantitative estimate of drug-likeness (QED) is 0.771. The monoisotopic (exact) mass is 223 g/mol. The highest BCUT2D eigenvalue weighted by atomic mass is 16.3. The van der Waals surface area contributed by atoms with E-state index in [9.17, 15) is 9.90 Å². The molecule has 1 heterocycles. The first-order chi connectivity index (χ1) is 7.54. The third kappa shape index (κ3) is 3.20. The van der Waals surface area contributed by atoms with E-state index in [1.807, 2.05) is 0 Å². The van der Waals surface area contributed by atoms with E-state index < -0.39 is 6.10 Å². The summed E-state index contributed by atoms with van der Waals surface area (Å²) in [6, 6.07) is 3.58. The number of hydrogen-bond acceptors (Lipinski definition) is 4. The number of carbonyl (C=O) groups is 1. The minimum atomic E-state index is -0.522. The summed E-state index contributed by atoms with van der Waals surface area (Å²) in [5.74, 6) is 0.636. The molecule has 0 bridgehead atoms. The van der Waals surface area contributed by atoms with Crippen molar-refractivity contribution in [2.75, 3.05) is 25.5 Å². The molecule has 0 radical (unpaired) electrons. The van der Waals surface area contributed by atoms with Gasteiger partial charge in [0.2, 0.25) is 5.91 Å². The Balaban J connectivity index is 2.70. The van der Waals surface area contributed by atoms with Crippen LogP contribution in [0.5, 0.6) is 0 Å². The molecule has 16 heavy (non-hydrogen) atoms. The van der Waals surface area contributed by atoms with Crippen LogP contribution in [0.2, 0.25) is 0 Å². The van der Waals surface area contributed by atoms with Gasteiger partial charge in [-0.25, -0.2) is 4.98 Å². The number of anilines is 1. The molecule has 0 spiro atoms. The molecule has 5 heteroatoms. The second-order valence-electron chi connectivity index (χ2n) is 3.65. The summed E-state index contributed by atoms with van der Waals surface area (Å²) in [6.45, 7) is 1.95. The zero-order chi connectivity index (χ0) is 12.1. The fourth-order valence-electron chi connectivity index (χ4n) is 1.25. The average molecular weight is 223 g/mol. The lowest BCUT2D eigenvalue weighted by molar-refractivity contribution is -0.119. The maximum absolute atomic E-state index is 11.2. The summed E-state index contributed by atoms with van der Waals surface area (Å²) in [5, 5.41) is 11.9. The number of amides is 1. The number of aliphatic hydroxyl groups excluding tert-OH is 1. The van der Waals surface area contributed by atoms with Crippen LogP contribution in [0.4, 0.5) is 5.82 Å². The summed E-state index contributed by atoms with van der Waals surface area (Å²) in [5.41, 5.74) is 0.761. The maximum Gasteiger partial charge on any atom is 0.239 e. The molecule has 0 aliphatic rings. The van der Waals surface area contributed by atoms with Gasteiger partial charge < -0.3 is 15.3 Å². The molecule has 0 aromatic carbocycles. The molecule has 2 N–H and O–H groups in total. The van der Waals surface area contributed by atoms with E-state index in [4.69, 9.17) is 0 Å². The van der Waals surface area contributed by atoms with Gasteiger partial charge in [0.25, 0.3) is 0 Å². The van der Waals surface area contributed by atoms with Crippen LogP contribution in [0.15, 0.2) is 18.3 Å².